The van der Waals surface area contributed by atoms with Crippen molar-refractivity contribution in [1.82, 2.24) is 20.0 Å². The topological polar surface area (TPSA) is 88.1 Å². The molecule has 1 aliphatic rings. The normalized spacial score (nSPS) is 13.3. The molecule has 4 rings (SSSR count). The molecule has 1 fully saturated rings. The van der Waals surface area contributed by atoms with Crippen molar-refractivity contribution in [3.05, 3.63) is 66.0 Å². The first-order chi connectivity index (χ1) is 17.9. The van der Waals surface area contributed by atoms with Gasteiger partial charge in [-0.25, -0.2) is 4.39 Å². The van der Waals surface area contributed by atoms with Gasteiger partial charge in [0.2, 0.25) is 5.91 Å². The molecule has 0 saturated carbocycles. The van der Waals surface area contributed by atoms with Gasteiger partial charge in [0.1, 0.15) is 12.4 Å². The van der Waals surface area contributed by atoms with E-state index in [1.807, 2.05) is 30.3 Å². The fraction of sp³-hybridized carbons (Fsp3) is 0.333. The van der Waals surface area contributed by atoms with Gasteiger partial charge < -0.3 is 24.2 Å². The minimum Gasteiger partial charge on any atom is -0.493 e. The summed E-state index contributed by atoms with van der Waals surface area (Å²) in [4.78, 5) is 30.9. The molecule has 9 nitrogen and oxygen atoms in total. The van der Waals surface area contributed by atoms with E-state index in [0.29, 0.717) is 49.9 Å². The Kier molecular flexibility index (Phi) is 8.17. The molecule has 0 radical (unpaired) electrons. The van der Waals surface area contributed by atoms with E-state index in [2.05, 4.69) is 15.1 Å². The number of methoxy groups -OCH3 is 2. The van der Waals surface area contributed by atoms with E-state index in [9.17, 15) is 14.0 Å². The van der Waals surface area contributed by atoms with Crippen LogP contribution in [0.1, 0.15) is 17.3 Å². The summed E-state index contributed by atoms with van der Waals surface area (Å²) in [6.45, 7) is 4.30. The Bertz CT molecular complexity index is 1250. The Balaban J connectivity index is 1.34. The zero-order valence-electron chi connectivity index (χ0n) is 21.2. The first-order valence-electron chi connectivity index (χ1n) is 12.1. The van der Waals surface area contributed by atoms with Crippen LogP contribution in [0.15, 0.2) is 54.6 Å². The molecule has 2 amide bonds. The minimum atomic E-state index is -0.482. The van der Waals surface area contributed by atoms with Crippen LogP contribution in [0, 0.1) is 5.82 Å². The summed E-state index contributed by atoms with van der Waals surface area (Å²) in [6, 6.07) is 14.9. The number of carbonyl (C=O) groups is 2. The van der Waals surface area contributed by atoms with Gasteiger partial charge in [-0.2, -0.15) is 0 Å². The summed E-state index contributed by atoms with van der Waals surface area (Å²) in [5.41, 5.74) is 1.80. The number of halogens is 1. The highest BCUT2D eigenvalue weighted by Gasteiger charge is 2.25. The molecule has 1 saturated heterocycles. The minimum absolute atomic E-state index is 0.0499. The van der Waals surface area contributed by atoms with Gasteiger partial charge in [0.15, 0.2) is 17.3 Å². The van der Waals surface area contributed by atoms with Crippen LogP contribution in [0.5, 0.6) is 11.5 Å². The number of ether oxygens (including phenoxy) is 2. The van der Waals surface area contributed by atoms with Gasteiger partial charge in [0, 0.05) is 43.9 Å². The molecule has 10 heteroatoms. The lowest BCUT2D eigenvalue weighted by atomic mass is 10.1. The van der Waals surface area contributed by atoms with Crippen LogP contribution in [0.25, 0.3) is 11.3 Å². The van der Waals surface area contributed by atoms with E-state index in [1.54, 1.807) is 32.1 Å². The average molecular weight is 508 g/mol. The molecule has 194 valence electrons. The van der Waals surface area contributed by atoms with Crippen molar-refractivity contribution in [2.45, 2.75) is 6.92 Å². The van der Waals surface area contributed by atoms with Crippen LogP contribution in [-0.2, 0) is 4.79 Å². The standard InChI is InChI=1S/C27H30FN5O4/c1-4-31(27(35)20-6-5-7-21(28)16-20)18-26(34)33-14-12-32(13-15-33)25-11-9-22(29-30-25)19-8-10-23(36-2)24(17-19)37-3/h5-11,16-17H,4,12-15,18H2,1-3H3. The number of hydrogen-bond acceptors (Lipinski definition) is 7. The number of anilines is 1. The molecule has 37 heavy (non-hydrogen) atoms. The van der Waals surface area contributed by atoms with Gasteiger partial charge in [-0.3, -0.25) is 9.59 Å². The number of carbonyl (C=O) groups excluding carboxylic acids is 2. The van der Waals surface area contributed by atoms with Crippen LogP contribution >= 0.6 is 0 Å². The van der Waals surface area contributed by atoms with Gasteiger partial charge in [-0.1, -0.05) is 6.07 Å². The molecular formula is C27H30FN5O4. The van der Waals surface area contributed by atoms with Crippen LogP contribution in [0.3, 0.4) is 0 Å². The smallest absolute Gasteiger partial charge is 0.254 e. The third-order valence-corrected chi connectivity index (χ3v) is 6.35. The Morgan fingerprint density at radius 1 is 0.946 bits per heavy atom. The fourth-order valence-corrected chi connectivity index (χ4v) is 4.22. The van der Waals surface area contributed by atoms with E-state index >= 15 is 0 Å². The number of rotatable bonds is 8. The van der Waals surface area contributed by atoms with Crippen LogP contribution < -0.4 is 14.4 Å². The maximum Gasteiger partial charge on any atom is 0.254 e. The first-order valence-corrected chi connectivity index (χ1v) is 12.1. The maximum absolute atomic E-state index is 13.5. The molecule has 0 aliphatic carbocycles. The highest BCUT2D eigenvalue weighted by molar-refractivity contribution is 5.96. The zero-order chi connectivity index (χ0) is 26.4. The molecule has 0 unspecified atom stereocenters. The maximum atomic E-state index is 13.5. The monoisotopic (exact) mass is 507 g/mol. The van der Waals surface area contributed by atoms with Crippen molar-refractivity contribution < 1.29 is 23.5 Å². The van der Waals surface area contributed by atoms with Crippen LogP contribution in [0.2, 0.25) is 0 Å². The Labute approximate surface area is 215 Å². The van der Waals surface area contributed by atoms with Crippen molar-refractivity contribution in [3.8, 4) is 22.8 Å². The third kappa shape index (κ3) is 5.96. The molecule has 0 atom stereocenters. The molecular weight excluding hydrogens is 477 g/mol. The second-order valence-corrected chi connectivity index (χ2v) is 8.54. The highest BCUT2D eigenvalue weighted by Crippen LogP contribution is 2.31. The lowest BCUT2D eigenvalue weighted by Crippen LogP contribution is -2.52. The molecule has 1 aromatic heterocycles. The quantitative estimate of drug-likeness (QED) is 0.463. The van der Waals surface area contributed by atoms with Gasteiger partial charge in [0.05, 0.1) is 19.9 Å². The molecule has 1 aliphatic heterocycles. The number of piperazine rings is 1. The van der Waals surface area contributed by atoms with Crippen molar-refractivity contribution in [2.24, 2.45) is 0 Å². The summed E-state index contributed by atoms with van der Waals surface area (Å²) in [6.07, 6.45) is 0. The molecule has 0 bridgehead atoms. The van der Waals surface area contributed by atoms with Gasteiger partial charge in [-0.15, -0.1) is 10.2 Å². The van der Waals surface area contributed by atoms with Crippen molar-refractivity contribution in [1.29, 1.82) is 0 Å². The number of aromatic nitrogens is 2. The Morgan fingerprint density at radius 3 is 2.32 bits per heavy atom. The average Bonchev–Trinajstić information content (AvgIpc) is 2.95. The Morgan fingerprint density at radius 2 is 1.70 bits per heavy atom. The van der Waals surface area contributed by atoms with Crippen LogP contribution in [0.4, 0.5) is 10.2 Å². The summed E-state index contributed by atoms with van der Waals surface area (Å²) in [5, 5.41) is 8.76. The largest absolute Gasteiger partial charge is 0.493 e. The van der Waals surface area contributed by atoms with E-state index in [4.69, 9.17) is 9.47 Å². The van der Waals surface area contributed by atoms with E-state index in [0.717, 1.165) is 11.4 Å². The molecule has 2 aromatic carbocycles. The molecule has 0 spiro atoms. The Hall–Kier alpha value is -4.21. The molecule has 2 heterocycles. The predicted molar refractivity (Wildman–Crippen MR) is 137 cm³/mol. The third-order valence-electron chi connectivity index (χ3n) is 6.35. The number of hydrogen-bond donors (Lipinski definition) is 0. The van der Waals surface area contributed by atoms with Gasteiger partial charge >= 0.3 is 0 Å². The zero-order valence-corrected chi connectivity index (χ0v) is 21.2. The summed E-state index contributed by atoms with van der Waals surface area (Å²) < 4.78 is 24.2. The fourth-order valence-electron chi connectivity index (χ4n) is 4.22. The van der Waals surface area contributed by atoms with Crippen molar-refractivity contribution in [2.75, 3.05) is 58.4 Å². The van der Waals surface area contributed by atoms with Gasteiger partial charge in [0.25, 0.3) is 5.91 Å². The highest BCUT2D eigenvalue weighted by atomic mass is 19.1. The summed E-state index contributed by atoms with van der Waals surface area (Å²) in [5.74, 6) is 1.01. The SMILES string of the molecule is CCN(CC(=O)N1CCN(c2ccc(-c3ccc(OC)c(OC)c3)nn2)CC1)C(=O)c1cccc(F)c1. The second kappa shape index (κ2) is 11.7. The van der Waals surface area contributed by atoms with Gasteiger partial charge in [-0.05, 0) is 55.5 Å². The predicted octanol–water partition coefficient (Wildman–Crippen LogP) is 3.11. The number of likely N-dealkylation sites (N-methyl/N-ethyl adjacent to an activating group) is 1. The summed E-state index contributed by atoms with van der Waals surface area (Å²) >= 11 is 0. The number of nitrogens with zero attached hydrogens (tertiary/aromatic N) is 5. The van der Waals surface area contributed by atoms with E-state index in [-0.39, 0.29) is 23.9 Å². The van der Waals surface area contributed by atoms with Crippen LogP contribution in [-0.4, -0.2) is 85.3 Å². The first kappa shape index (κ1) is 25.9. The van der Waals surface area contributed by atoms with Crippen molar-refractivity contribution in [3.63, 3.8) is 0 Å². The van der Waals surface area contributed by atoms with E-state index in [1.165, 1.54) is 23.1 Å². The lowest BCUT2D eigenvalue weighted by molar-refractivity contribution is -0.132. The molecule has 3 aromatic rings. The number of amides is 2. The van der Waals surface area contributed by atoms with Crippen molar-refractivity contribution >= 4 is 17.6 Å². The lowest BCUT2D eigenvalue weighted by Gasteiger charge is -2.36. The molecule has 0 N–H and O–H groups in total. The summed E-state index contributed by atoms with van der Waals surface area (Å²) in [7, 11) is 3.18. The number of benzene rings is 2. The second-order valence-electron chi connectivity index (χ2n) is 8.54. The van der Waals surface area contributed by atoms with E-state index < -0.39 is 5.82 Å².